The second-order valence-corrected chi connectivity index (χ2v) is 3.38. The van der Waals surface area contributed by atoms with Crippen LogP contribution in [0.3, 0.4) is 0 Å². The Balaban J connectivity index is 2.76. The molecule has 13 heavy (non-hydrogen) atoms. The van der Waals surface area contributed by atoms with Crippen molar-refractivity contribution in [3.63, 3.8) is 0 Å². The molecule has 0 spiro atoms. The minimum atomic E-state index is 0.678. The predicted octanol–water partition coefficient (Wildman–Crippen LogP) is 0.233. The van der Waals surface area contributed by atoms with Crippen molar-refractivity contribution in [3.05, 3.63) is 0 Å². The largest absolute Gasteiger partial charge is 0.314 e. The van der Waals surface area contributed by atoms with Crippen molar-refractivity contribution in [1.82, 2.24) is 16.0 Å². The maximum absolute atomic E-state index is 5.49. The highest BCUT2D eigenvalue weighted by Gasteiger charge is 1.87. The number of hydrogen-bond donors (Lipinski definition) is 3. The Morgan fingerprint density at radius 2 is 0.846 bits per heavy atom. The van der Waals surface area contributed by atoms with Gasteiger partial charge in [-0.3, -0.25) is 0 Å². The number of nitrogens with one attached hydrogen (secondary N) is 3. The van der Waals surface area contributed by atoms with Gasteiger partial charge in [0.2, 0.25) is 0 Å². The third kappa shape index (κ3) is 12.5. The molecule has 3 N–H and O–H groups in total. The number of rotatable bonds is 10. The molecule has 0 atom stereocenters. The van der Waals surface area contributed by atoms with Crippen LogP contribution in [0.25, 0.3) is 0 Å². The van der Waals surface area contributed by atoms with E-state index in [1.807, 2.05) is 0 Å². The fraction of sp³-hybridized carbons (Fsp3) is 1.00. The van der Waals surface area contributed by atoms with E-state index in [9.17, 15) is 0 Å². The summed E-state index contributed by atoms with van der Waals surface area (Å²) in [7, 11) is 0. The molecular formula is C8H19Cl2N3. The molecule has 0 fully saturated rings. The van der Waals surface area contributed by atoms with E-state index in [0.717, 1.165) is 39.3 Å². The minimum Gasteiger partial charge on any atom is -0.314 e. The molecule has 80 valence electrons. The first kappa shape index (κ1) is 13.5. The fourth-order valence-corrected chi connectivity index (χ4v) is 1.13. The zero-order valence-corrected chi connectivity index (χ0v) is 9.42. The maximum Gasteiger partial charge on any atom is 0.0348 e. The lowest BCUT2D eigenvalue weighted by Gasteiger charge is -2.05. The molecule has 0 rings (SSSR count). The van der Waals surface area contributed by atoms with Gasteiger partial charge in [-0.1, -0.05) is 0 Å². The van der Waals surface area contributed by atoms with E-state index >= 15 is 0 Å². The predicted molar refractivity (Wildman–Crippen MR) is 60.0 cm³/mol. The normalized spacial score (nSPS) is 10.6. The average Bonchev–Trinajstić information content (AvgIpc) is 2.16. The lowest BCUT2D eigenvalue weighted by molar-refractivity contribution is 0.597. The molecule has 0 aromatic rings. The fourth-order valence-electron chi connectivity index (χ4n) is 0.862. The average molecular weight is 228 g/mol. The maximum atomic E-state index is 5.49. The Morgan fingerprint density at radius 3 is 1.15 bits per heavy atom. The van der Waals surface area contributed by atoms with E-state index in [2.05, 4.69) is 16.0 Å². The van der Waals surface area contributed by atoms with Crippen LogP contribution in [-0.2, 0) is 0 Å². The minimum absolute atomic E-state index is 0.678. The highest BCUT2D eigenvalue weighted by molar-refractivity contribution is 6.18. The second-order valence-electron chi connectivity index (χ2n) is 2.63. The molecule has 0 heterocycles. The van der Waals surface area contributed by atoms with Crippen LogP contribution in [0.1, 0.15) is 0 Å². The first-order valence-electron chi connectivity index (χ1n) is 4.66. The second kappa shape index (κ2) is 12.5. The summed E-state index contributed by atoms with van der Waals surface area (Å²) in [6.45, 7) is 5.69. The van der Waals surface area contributed by atoms with Crippen LogP contribution in [0, 0.1) is 0 Å². The van der Waals surface area contributed by atoms with Crippen molar-refractivity contribution in [2.45, 2.75) is 0 Å². The molecule has 0 bridgehead atoms. The van der Waals surface area contributed by atoms with Crippen LogP contribution in [0.4, 0.5) is 0 Å². The third-order valence-corrected chi connectivity index (χ3v) is 1.88. The topological polar surface area (TPSA) is 36.1 Å². The Morgan fingerprint density at radius 1 is 0.538 bits per heavy atom. The molecular weight excluding hydrogens is 209 g/mol. The Bertz CT molecular complexity index is 83.5. The molecule has 0 aliphatic carbocycles. The zero-order valence-electron chi connectivity index (χ0n) is 7.91. The van der Waals surface area contributed by atoms with E-state index in [4.69, 9.17) is 23.2 Å². The SMILES string of the molecule is ClCCNCCNCCNCCCl. The highest BCUT2D eigenvalue weighted by atomic mass is 35.5. The molecule has 0 aromatic carbocycles. The molecule has 0 unspecified atom stereocenters. The van der Waals surface area contributed by atoms with Gasteiger partial charge in [0.25, 0.3) is 0 Å². The van der Waals surface area contributed by atoms with Gasteiger partial charge in [0.1, 0.15) is 0 Å². The van der Waals surface area contributed by atoms with E-state index in [1.165, 1.54) is 0 Å². The smallest absolute Gasteiger partial charge is 0.0348 e. The lowest BCUT2D eigenvalue weighted by Crippen LogP contribution is -2.33. The van der Waals surface area contributed by atoms with Gasteiger partial charge in [-0.05, 0) is 0 Å². The van der Waals surface area contributed by atoms with Gasteiger partial charge >= 0.3 is 0 Å². The summed E-state index contributed by atoms with van der Waals surface area (Å²) in [5, 5.41) is 9.69. The van der Waals surface area contributed by atoms with Crippen LogP contribution in [-0.4, -0.2) is 51.0 Å². The summed E-state index contributed by atoms with van der Waals surface area (Å²) in [6.07, 6.45) is 0. The molecule has 0 saturated heterocycles. The van der Waals surface area contributed by atoms with Crippen molar-refractivity contribution in [3.8, 4) is 0 Å². The number of alkyl halides is 2. The third-order valence-electron chi connectivity index (χ3n) is 1.50. The van der Waals surface area contributed by atoms with Crippen LogP contribution in [0.2, 0.25) is 0 Å². The van der Waals surface area contributed by atoms with Gasteiger partial charge in [-0.2, -0.15) is 0 Å². The molecule has 0 aliphatic heterocycles. The van der Waals surface area contributed by atoms with Gasteiger partial charge < -0.3 is 16.0 Å². The van der Waals surface area contributed by atoms with Crippen molar-refractivity contribution in [2.24, 2.45) is 0 Å². The van der Waals surface area contributed by atoms with Crippen molar-refractivity contribution in [2.75, 3.05) is 51.0 Å². The molecule has 0 aliphatic rings. The van der Waals surface area contributed by atoms with Gasteiger partial charge in [0, 0.05) is 51.0 Å². The van der Waals surface area contributed by atoms with Gasteiger partial charge in [0.15, 0.2) is 0 Å². The standard InChI is InChI=1S/C8H19Cl2N3/c9-1-3-11-5-7-13-8-6-12-4-2-10/h11-13H,1-8H2. The quantitative estimate of drug-likeness (QED) is 0.370. The summed E-state index contributed by atoms with van der Waals surface area (Å²) in [5.41, 5.74) is 0. The molecule has 0 aromatic heterocycles. The van der Waals surface area contributed by atoms with Gasteiger partial charge in [-0.15, -0.1) is 23.2 Å². The van der Waals surface area contributed by atoms with Gasteiger partial charge in [-0.25, -0.2) is 0 Å². The highest BCUT2D eigenvalue weighted by Crippen LogP contribution is 1.69. The summed E-state index contributed by atoms with van der Waals surface area (Å²) >= 11 is 11.0. The molecule has 3 nitrogen and oxygen atoms in total. The van der Waals surface area contributed by atoms with E-state index in [1.54, 1.807) is 0 Å². The van der Waals surface area contributed by atoms with E-state index in [-0.39, 0.29) is 0 Å². The molecule has 5 heteroatoms. The first-order valence-corrected chi connectivity index (χ1v) is 5.72. The molecule has 0 radical (unpaired) electrons. The first-order chi connectivity index (χ1) is 6.41. The molecule has 0 saturated carbocycles. The van der Waals surface area contributed by atoms with Crippen molar-refractivity contribution in [1.29, 1.82) is 0 Å². The van der Waals surface area contributed by atoms with Crippen molar-refractivity contribution >= 4 is 23.2 Å². The van der Waals surface area contributed by atoms with E-state index < -0.39 is 0 Å². The monoisotopic (exact) mass is 227 g/mol. The van der Waals surface area contributed by atoms with E-state index in [0.29, 0.717) is 11.8 Å². The number of hydrogen-bond acceptors (Lipinski definition) is 3. The number of halogens is 2. The van der Waals surface area contributed by atoms with Crippen LogP contribution < -0.4 is 16.0 Å². The summed E-state index contributed by atoms with van der Waals surface area (Å²) in [6, 6.07) is 0. The van der Waals surface area contributed by atoms with Crippen LogP contribution in [0.15, 0.2) is 0 Å². The lowest BCUT2D eigenvalue weighted by atomic mass is 10.5. The van der Waals surface area contributed by atoms with Crippen LogP contribution in [0.5, 0.6) is 0 Å². The van der Waals surface area contributed by atoms with Crippen molar-refractivity contribution < 1.29 is 0 Å². The summed E-state index contributed by atoms with van der Waals surface area (Å²) < 4.78 is 0. The van der Waals surface area contributed by atoms with Gasteiger partial charge in [0.05, 0.1) is 0 Å². The zero-order chi connectivity index (χ0) is 9.78. The molecule has 0 amide bonds. The Labute approximate surface area is 90.5 Å². The summed E-state index contributed by atoms with van der Waals surface area (Å²) in [4.78, 5) is 0. The Hall–Kier alpha value is 0.460. The Kier molecular flexibility index (Phi) is 12.9. The summed E-state index contributed by atoms with van der Waals surface area (Å²) in [5.74, 6) is 1.36. The van der Waals surface area contributed by atoms with Crippen LogP contribution >= 0.6 is 23.2 Å².